The molecule has 0 saturated carbocycles. The molecule has 0 fully saturated rings. The van der Waals surface area contributed by atoms with Crippen LogP contribution < -0.4 is 4.72 Å². The number of nitrogens with zero attached hydrogens (tertiary/aromatic N) is 2. The quantitative estimate of drug-likeness (QED) is 0.713. The van der Waals surface area contributed by atoms with Gasteiger partial charge >= 0.3 is 12.1 Å². The Labute approximate surface area is 154 Å². The van der Waals surface area contributed by atoms with Crippen molar-refractivity contribution in [3.8, 4) is 0 Å². The minimum Gasteiger partial charge on any atom is -0.461 e. The highest BCUT2D eigenvalue weighted by atomic mass is 32.2. The maximum atomic E-state index is 12.5. The highest BCUT2D eigenvalue weighted by Gasteiger charge is 2.29. The largest absolute Gasteiger partial charge is 0.461 e. The monoisotopic (exact) mass is 405 g/mol. The summed E-state index contributed by atoms with van der Waals surface area (Å²) in [5, 5.41) is -0.152. The molecule has 0 saturated heterocycles. The molecular weight excluding hydrogens is 387 g/mol. The highest BCUT2D eigenvalue weighted by molar-refractivity contribution is 7.89. The molecule has 0 atom stereocenters. The van der Waals surface area contributed by atoms with Gasteiger partial charge in [-0.25, -0.2) is 18.1 Å². The number of aromatic nitrogens is 2. The molecular formula is C16H18F3N3O4S. The Bertz CT molecular complexity index is 886. The summed E-state index contributed by atoms with van der Waals surface area (Å²) in [7, 11) is -2.19. The zero-order valence-corrected chi connectivity index (χ0v) is 15.4. The standard InChI is InChI=1S/C16H18F3N3O4S/c1-11-21-14(9-22(11)2)27(24,25)20-8-7-15(23)26-10-12-3-5-13(6-4-12)16(17,18)19/h3-6,9,20H,7-8,10H2,1-2H3. The van der Waals surface area contributed by atoms with Crippen LogP contribution >= 0.6 is 0 Å². The van der Waals surface area contributed by atoms with Crippen LogP contribution in [0.1, 0.15) is 23.4 Å². The fraction of sp³-hybridized carbons (Fsp3) is 0.375. The lowest BCUT2D eigenvalue weighted by molar-refractivity contribution is -0.145. The van der Waals surface area contributed by atoms with Gasteiger partial charge < -0.3 is 9.30 Å². The maximum Gasteiger partial charge on any atom is 0.416 e. The molecule has 1 N–H and O–H groups in total. The predicted octanol–water partition coefficient (Wildman–Crippen LogP) is 2.16. The third kappa shape index (κ3) is 5.79. The average molecular weight is 405 g/mol. The first-order valence-corrected chi connectivity index (χ1v) is 9.29. The number of hydrogen-bond acceptors (Lipinski definition) is 5. The van der Waals surface area contributed by atoms with Crippen molar-refractivity contribution in [2.24, 2.45) is 7.05 Å². The number of rotatable bonds is 7. The van der Waals surface area contributed by atoms with Gasteiger partial charge in [-0.15, -0.1) is 0 Å². The number of esters is 1. The number of carbonyl (C=O) groups excluding carboxylic acids is 1. The van der Waals surface area contributed by atoms with Crippen molar-refractivity contribution in [1.29, 1.82) is 0 Å². The number of carbonyl (C=O) groups is 1. The second-order valence-corrected chi connectivity index (χ2v) is 7.45. The third-order valence-electron chi connectivity index (χ3n) is 3.66. The summed E-state index contributed by atoms with van der Waals surface area (Å²) in [4.78, 5) is 15.6. The first kappa shape index (κ1) is 20.9. The Balaban J connectivity index is 1.79. The van der Waals surface area contributed by atoms with Crippen molar-refractivity contribution in [1.82, 2.24) is 14.3 Å². The lowest BCUT2D eigenvalue weighted by Crippen LogP contribution is -2.27. The van der Waals surface area contributed by atoms with Gasteiger partial charge in [0.15, 0.2) is 5.03 Å². The molecule has 0 aliphatic carbocycles. The molecule has 0 bridgehead atoms. The van der Waals surface area contributed by atoms with Gasteiger partial charge in [-0.05, 0) is 24.6 Å². The molecule has 2 aromatic rings. The number of sulfonamides is 1. The summed E-state index contributed by atoms with van der Waals surface area (Å²) >= 11 is 0. The van der Waals surface area contributed by atoms with E-state index in [1.807, 2.05) is 0 Å². The molecule has 11 heteroatoms. The molecule has 7 nitrogen and oxygen atoms in total. The molecule has 1 aromatic heterocycles. The van der Waals surface area contributed by atoms with Crippen LogP contribution in [-0.2, 0) is 39.4 Å². The molecule has 1 aromatic carbocycles. The Morgan fingerprint density at radius 2 is 1.89 bits per heavy atom. The molecule has 0 unspecified atom stereocenters. The number of halogens is 3. The van der Waals surface area contributed by atoms with Crippen LogP contribution in [0.3, 0.4) is 0 Å². The summed E-state index contributed by atoms with van der Waals surface area (Å²) in [5.41, 5.74) is -0.405. The molecule has 0 spiro atoms. The van der Waals surface area contributed by atoms with Crippen molar-refractivity contribution in [2.45, 2.75) is 31.2 Å². The molecule has 0 amide bonds. The third-order valence-corrected chi connectivity index (χ3v) is 5.00. The van der Waals surface area contributed by atoms with Crippen LogP contribution in [0, 0.1) is 6.92 Å². The zero-order chi connectivity index (χ0) is 20.2. The molecule has 1 heterocycles. The van der Waals surface area contributed by atoms with Gasteiger partial charge in [0, 0.05) is 19.8 Å². The van der Waals surface area contributed by atoms with Crippen LogP contribution in [0.2, 0.25) is 0 Å². The van der Waals surface area contributed by atoms with Crippen LogP contribution in [0.15, 0.2) is 35.5 Å². The zero-order valence-electron chi connectivity index (χ0n) is 14.6. The van der Waals surface area contributed by atoms with Crippen LogP contribution in [0.4, 0.5) is 13.2 Å². The normalized spacial score (nSPS) is 12.2. The molecule has 148 valence electrons. The van der Waals surface area contributed by atoms with Gasteiger partial charge in [-0.1, -0.05) is 12.1 Å². The van der Waals surface area contributed by atoms with E-state index < -0.39 is 27.7 Å². The van der Waals surface area contributed by atoms with Crippen LogP contribution in [0.25, 0.3) is 0 Å². The number of benzene rings is 1. The van der Waals surface area contributed by atoms with E-state index in [1.165, 1.54) is 18.3 Å². The van der Waals surface area contributed by atoms with Gasteiger partial charge in [0.2, 0.25) is 0 Å². The van der Waals surface area contributed by atoms with E-state index in [0.29, 0.717) is 11.4 Å². The van der Waals surface area contributed by atoms with Gasteiger partial charge in [0.1, 0.15) is 12.4 Å². The minimum atomic E-state index is -4.43. The Morgan fingerprint density at radius 1 is 1.26 bits per heavy atom. The van der Waals surface area contributed by atoms with E-state index in [0.717, 1.165) is 12.1 Å². The van der Waals surface area contributed by atoms with Gasteiger partial charge in [-0.3, -0.25) is 4.79 Å². The summed E-state index contributed by atoms with van der Waals surface area (Å²) in [6.07, 6.45) is -3.31. The number of alkyl halides is 3. The smallest absolute Gasteiger partial charge is 0.416 e. The second-order valence-electron chi connectivity index (χ2n) is 5.74. The number of nitrogens with one attached hydrogen (secondary N) is 1. The summed E-state index contributed by atoms with van der Waals surface area (Å²) < 4.78 is 70.2. The van der Waals surface area contributed by atoms with E-state index in [-0.39, 0.29) is 24.6 Å². The lowest BCUT2D eigenvalue weighted by atomic mass is 10.1. The highest BCUT2D eigenvalue weighted by Crippen LogP contribution is 2.29. The first-order valence-electron chi connectivity index (χ1n) is 7.80. The number of hydrogen-bond donors (Lipinski definition) is 1. The number of aryl methyl sites for hydroxylation is 2. The van der Waals surface area contributed by atoms with Crippen LogP contribution in [0.5, 0.6) is 0 Å². The summed E-state index contributed by atoms with van der Waals surface area (Å²) in [6.45, 7) is 1.25. The summed E-state index contributed by atoms with van der Waals surface area (Å²) in [6, 6.07) is 4.21. The lowest BCUT2D eigenvalue weighted by Gasteiger charge is -2.08. The van der Waals surface area contributed by atoms with Crippen molar-refractivity contribution in [3.63, 3.8) is 0 Å². The summed E-state index contributed by atoms with van der Waals surface area (Å²) in [5.74, 6) is -0.166. The van der Waals surface area contributed by atoms with E-state index >= 15 is 0 Å². The second kappa shape index (κ2) is 8.09. The van der Waals surface area contributed by atoms with Crippen molar-refractivity contribution in [2.75, 3.05) is 6.54 Å². The van der Waals surface area contributed by atoms with E-state index in [9.17, 15) is 26.4 Å². The van der Waals surface area contributed by atoms with Gasteiger partial charge in [0.05, 0.1) is 12.0 Å². The predicted molar refractivity (Wildman–Crippen MR) is 89.0 cm³/mol. The SMILES string of the molecule is Cc1nc(S(=O)(=O)NCCC(=O)OCc2ccc(C(F)(F)F)cc2)cn1C. The minimum absolute atomic E-state index is 0.152. The fourth-order valence-corrected chi connectivity index (χ4v) is 3.11. The first-order chi connectivity index (χ1) is 12.5. The van der Waals surface area contributed by atoms with Crippen molar-refractivity contribution >= 4 is 16.0 Å². The molecule has 0 radical (unpaired) electrons. The Hall–Kier alpha value is -2.40. The topological polar surface area (TPSA) is 90.3 Å². The maximum absolute atomic E-state index is 12.5. The van der Waals surface area contributed by atoms with Crippen molar-refractivity contribution in [3.05, 3.63) is 47.4 Å². The number of imidazole rings is 1. The average Bonchev–Trinajstić information content (AvgIpc) is 2.92. The van der Waals surface area contributed by atoms with E-state index in [4.69, 9.17) is 4.74 Å². The van der Waals surface area contributed by atoms with Crippen molar-refractivity contribution < 1.29 is 31.1 Å². The molecule has 0 aliphatic heterocycles. The molecule has 2 rings (SSSR count). The Morgan fingerprint density at radius 3 is 2.41 bits per heavy atom. The van der Waals surface area contributed by atoms with Crippen LogP contribution in [-0.4, -0.2) is 30.5 Å². The number of ether oxygens (including phenoxy) is 1. The van der Waals surface area contributed by atoms with Gasteiger partial charge in [0.25, 0.3) is 10.0 Å². The van der Waals surface area contributed by atoms with E-state index in [2.05, 4.69) is 9.71 Å². The molecule has 27 heavy (non-hydrogen) atoms. The fourth-order valence-electron chi connectivity index (χ4n) is 2.04. The van der Waals surface area contributed by atoms with E-state index in [1.54, 1.807) is 18.5 Å². The van der Waals surface area contributed by atoms with Gasteiger partial charge in [-0.2, -0.15) is 13.2 Å². The molecule has 0 aliphatic rings. The Kier molecular flexibility index (Phi) is 6.26.